The van der Waals surface area contributed by atoms with Crippen LogP contribution >= 0.6 is 0 Å². The van der Waals surface area contributed by atoms with Crippen LogP contribution in [0.4, 0.5) is 0 Å². The van der Waals surface area contributed by atoms with Gasteiger partial charge in [0.05, 0.1) is 24.2 Å². The van der Waals surface area contributed by atoms with Crippen molar-refractivity contribution >= 4 is 0 Å². The second kappa shape index (κ2) is 1.98. The molecule has 2 aromatic rings. The van der Waals surface area contributed by atoms with Crippen LogP contribution in [-0.2, 0) is 0 Å². The zero-order chi connectivity index (χ0) is 6.81. The summed E-state index contributed by atoms with van der Waals surface area (Å²) in [6, 6.07) is 0. The number of hydrogen-bond acceptors (Lipinski definition) is 2. The van der Waals surface area contributed by atoms with Crippen LogP contribution in [0.5, 0.6) is 0 Å². The fourth-order valence-electron chi connectivity index (χ4n) is 0.757. The number of hydrogen-bond donors (Lipinski definition) is 2. The topological polar surface area (TPSA) is 57.4 Å². The number of imidazole rings is 1. The maximum atomic E-state index is 3.99. The summed E-state index contributed by atoms with van der Waals surface area (Å²) in [5.74, 6) is 0.786. The van der Waals surface area contributed by atoms with Gasteiger partial charge in [0.1, 0.15) is 5.82 Å². The highest BCUT2D eigenvalue weighted by Gasteiger charge is 1.97. The lowest BCUT2D eigenvalue weighted by Gasteiger charge is -1.83. The molecule has 2 heterocycles. The van der Waals surface area contributed by atoms with E-state index in [4.69, 9.17) is 0 Å². The van der Waals surface area contributed by atoms with Crippen molar-refractivity contribution in [1.29, 1.82) is 0 Å². The molecule has 4 nitrogen and oxygen atoms in total. The number of nitrogens with one attached hydrogen (secondary N) is 2. The highest BCUT2D eigenvalue weighted by molar-refractivity contribution is 5.50. The Bertz CT molecular complexity index is 249. The fraction of sp³-hybridized carbons (Fsp3) is 0. The summed E-state index contributed by atoms with van der Waals surface area (Å²) in [5.41, 5.74) is 0.946. The van der Waals surface area contributed by atoms with E-state index in [9.17, 15) is 0 Å². The summed E-state index contributed by atoms with van der Waals surface area (Å²) in [7, 11) is 0. The number of nitrogens with zero attached hydrogens (tertiary/aromatic N) is 2. The molecule has 0 saturated carbocycles. The molecule has 2 aromatic heterocycles. The number of aromatic nitrogens is 4. The second-order valence-corrected chi connectivity index (χ2v) is 1.86. The van der Waals surface area contributed by atoms with Crippen molar-refractivity contribution < 1.29 is 0 Å². The third kappa shape index (κ3) is 0.699. The number of rotatable bonds is 1. The van der Waals surface area contributed by atoms with Crippen LogP contribution < -0.4 is 0 Å². The predicted molar refractivity (Wildman–Crippen MR) is 35.0 cm³/mol. The van der Waals surface area contributed by atoms with Crippen molar-refractivity contribution in [2.24, 2.45) is 0 Å². The number of H-pyrrole nitrogens is 2. The van der Waals surface area contributed by atoms with Crippen LogP contribution in [0, 0.1) is 6.20 Å². The smallest absolute Gasteiger partial charge is 0.140 e. The van der Waals surface area contributed by atoms with Crippen molar-refractivity contribution in [2.45, 2.75) is 0 Å². The van der Waals surface area contributed by atoms with Gasteiger partial charge in [-0.3, -0.25) is 5.10 Å². The lowest BCUT2D eigenvalue weighted by atomic mass is 10.3. The minimum absolute atomic E-state index is 0.786. The SMILES string of the molecule is [c]1cnc(-c2cn[nH]c2)[nH]1. The summed E-state index contributed by atoms with van der Waals surface area (Å²) in [4.78, 5) is 6.83. The van der Waals surface area contributed by atoms with Crippen LogP contribution in [0.25, 0.3) is 11.4 Å². The van der Waals surface area contributed by atoms with Crippen molar-refractivity contribution in [1.82, 2.24) is 20.2 Å². The molecule has 0 aliphatic carbocycles. The van der Waals surface area contributed by atoms with Gasteiger partial charge in [0, 0.05) is 6.20 Å². The molecular formula is C6H5N4. The summed E-state index contributed by atoms with van der Waals surface area (Å²) >= 11 is 0. The summed E-state index contributed by atoms with van der Waals surface area (Å²) in [6.07, 6.45) is 7.80. The predicted octanol–water partition coefficient (Wildman–Crippen LogP) is 0.600. The minimum atomic E-state index is 0.786. The lowest BCUT2D eigenvalue weighted by molar-refractivity contribution is 1.09. The van der Waals surface area contributed by atoms with Crippen LogP contribution in [0.2, 0.25) is 0 Å². The van der Waals surface area contributed by atoms with Gasteiger partial charge >= 0.3 is 0 Å². The van der Waals surface area contributed by atoms with Crippen LogP contribution in [-0.4, -0.2) is 20.2 Å². The van der Waals surface area contributed by atoms with E-state index in [1.807, 2.05) is 0 Å². The fourth-order valence-corrected chi connectivity index (χ4v) is 0.757. The van der Waals surface area contributed by atoms with Gasteiger partial charge in [-0.05, 0) is 0 Å². The van der Waals surface area contributed by atoms with Crippen LogP contribution in [0.3, 0.4) is 0 Å². The van der Waals surface area contributed by atoms with Gasteiger partial charge < -0.3 is 4.98 Å². The molecular weight excluding hydrogens is 128 g/mol. The molecule has 0 unspecified atom stereocenters. The molecule has 0 aliphatic rings. The molecule has 0 saturated heterocycles. The van der Waals surface area contributed by atoms with Crippen molar-refractivity contribution in [3.63, 3.8) is 0 Å². The Morgan fingerprint density at radius 1 is 1.50 bits per heavy atom. The molecule has 10 heavy (non-hydrogen) atoms. The Morgan fingerprint density at radius 2 is 2.50 bits per heavy atom. The van der Waals surface area contributed by atoms with Crippen molar-refractivity contribution in [2.75, 3.05) is 0 Å². The molecule has 0 fully saturated rings. The van der Waals surface area contributed by atoms with E-state index in [2.05, 4.69) is 26.4 Å². The number of aromatic amines is 2. The normalized spacial score (nSPS) is 10.0. The highest BCUT2D eigenvalue weighted by atomic mass is 15.1. The molecule has 0 spiro atoms. The first-order valence-electron chi connectivity index (χ1n) is 2.87. The van der Waals surface area contributed by atoms with E-state index in [1.54, 1.807) is 18.6 Å². The van der Waals surface area contributed by atoms with E-state index < -0.39 is 0 Å². The maximum absolute atomic E-state index is 3.99. The molecule has 0 atom stereocenters. The average molecular weight is 133 g/mol. The minimum Gasteiger partial charge on any atom is -0.337 e. The highest BCUT2D eigenvalue weighted by Crippen LogP contribution is 2.09. The largest absolute Gasteiger partial charge is 0.337 e. The zero-order valence-corrected chi connectivity index (χ0v) is 5.13. The van der Waals surface area contributed by atoms with Crippen LogP contribution in [0.15, 0.2) is 18.6 Å². The maximum Gasteiger partial charge on any atom is 0.140 e. The Kier molecular flexibility index (Phi) is 1.04. The Labute approximate surface area is 57.3 Å². The molecule has 0 aromatic carbocycles. The molecule has 2 N–H and O–H groups in total. The summed E-state index contributed by atoms with van der Waals surface area (Å²) in [6.45, 7) is 0. The van der Waals surface area contributed by atoms with Gasteiger partial charge in [0.25, 0.3) is 0 Å². The standard InChI is InChI=1S/C6H5N4/c1-2-8-6(7-1)5-3-9-10-4-5/h1,3-4H,(H,7,8)(H,9,10). The van der Waals surface area contributed by atoms with E-state index >= 15 is 0 Å². The van der Waals surface area contributed by atoms with Crippen molar-refractivity contribution in [3.05, 3.63) is 24.8 Å². The second-order valence-electron chi connectivity index (χ2n) is 1.86. The van der Waals surface area contributed by atoms with Gasteiger partial charge in [-0.1, -0.05) is 0 Å². The summed E-state index contributed by atoms with van der Waals surface area (Å²) in [5, 5.41) is 6.47. The third-order valence-electron chi connectivity index (χ3n) is 1.22. The molecule has 49 valence electrons. The first-order chi connectivity index (χ1) is 4.97. The van der Waals surface area contributed by atoms with E-state index in [1.165, 1.54) is 0 Å². The van der Waals surface area contributed by atoms with Gasteiger partial charge in [-0.2, -0.15) is 5.10 Å². The molecule has 0 bridgehead atoms. The third-order valence-corrected chi connectivity index (χ3v) is 1.22. The Balaban J connectivity index is 2.48. The quantitative estimate of drug-likeness (QED) is 0.598. The monoisotopic (exact) mass is 133 g/mol. The first kappa shape index (κ1) is 5.22. The average Bonchev–Trinajstić information content (AvgIpc) is 2.59. The molecule has 1 radical (unpaired) electrons. The van der Waals surface area contributed by atoms with Gasteiger partial charge in [-0.15, -0.1) is 0 Å². The van der Waals surface area contributed by atoms with E-state index in [-0.39, 0.29) is 0 Å². The van der Waals surface area contributed by atoms with Crippen LogP contribution in [0.1, 0.15) is 0 Å². The van der Waals surface area contributed by atoms with Gasteiger partial charge in [0.15, 0.2) is 0 Å². The summed E-state index contributed by atoms with van der Waals surface area (Å²) < 4.78 is 0. The zero-order valence-electron chi connectivity index (χ0n) is 5.13. The molecule has 0 amide bonds. The first-order valence-corrected chi connectivity index (χ1v) is 2.87. The Hall–Kier alpha value is -1.58. The van der Waals surface area contributed by atoms with E-state index in [0.29, 0.717) is 0 Å². The van der Waals surface area contributed by atoms with Gasteiger partial charge in [0.2, 0.25) is 0 Å². The van der Waals surface area contributed by atoms with E-state index in [0.717, 1.165) is 11.4 Å². The molecule has 4 heteroatoms. The lowest BCUT2D eigenvalue weighted by Crippen LogP contribution is -1.73. The molecule has 2 rings (SSSR count). The van der Waals surface area contributed by atoms with Crippen molar-refractivity contribution in [3.8, 4) is 11.4 Å². The molecule has 0 aliphatic heterocycles. The Morgan fingerprint density at radius 3 is 3.10 bits per heavy atom. The van der Waals surface area contributed by atoms with Gasteiger partial charge in [-0.25, -0.2) is 4.98 Å².